The third kappa shape index (κ3) is 6.03. The van der Waals surface area contributed by atoms with Crippen molar-refractivity contribution < 1.29 is 9.47 Å². The van der Waals surface area contributed by atoms with Gasteiger partial charge in [-0.2, -0.15) is 0 Å². The van der Waals surface area contributed by atoms with Crippen LogP contribution in [-0.2, 0) is 11.3 Å². The molecule has 0 saturated heterocycles. The molecule has 0 aromatic heterocycles. The molecule has 1 aromatic carbocycles. The summed E-state index contributed by atoms with van der Waals surface area (Å²) in [5.74, 6) is 0.915. The van der Waals surface area contributed by atoms with Crippen molar-refractivity contribution in [1.82, 2.24) is 5.32 Å². The quantitative estimate of drug-likeness (QED) is 0.684. The highest BCUT2D eigenvalue weighted by Gasteiger charge is 2.00. The fraction of sp³-hybridized carbons (Fsp3) is 0.600. The molecule has 102 valence electrons. The number of nitrogens with one attached hydrogen (secondary N) is 1. The van der Waals surface area contributed by atoms with Gasteiger partial charge in [-0.1, -0.05) is 19.1 Å². The van der Waals surface area contributed by atoms with Gasteiger partial charge in [0.15, 0.2) is 0 Å². The van der Waals surface area contributed by atoms with E-state index >= 15 is 0 Å². The average molecular weight is 251 g/mol. The van der Waals surface area contributed by atoms with E-state index < -0.39 is 0 Å². The molecule has 0 aliphatic heterocycles. The van der Waals surface area contributed by atoms with Gasteiger partial charge in [-0.15, -0.1) is 0 Å². The molecule has 1 atom stereocenters. The summed E-state index contributed by atoms with van der Waals surface area (Å²) in [6.45, 7) is 9.25. The molecule has 0 saturated carbocycles. The minimum absolute atomic E-state index is 0.549. The minimum Gasteiger partial charge on any atom is -0.491 e. The molecule has 0 amide bonds. The Morgan fingerprint density at radius 3 is 2.78 bits per heavy atom. The Morgan fingerprint density at radius 1 is 1.22 bits per heavy atom. The highest BCUT2D eigenvalue weighted by atomic mass is 16.5. The molecule has 1 N–H and O–H groups in total. The normalized spacial score (nSPS) is 12.4. The van der Waals surface area contributed by atoms with Gasteiger partial charge >= 0.3 is 0 Å². The summed E-state index contributed by atoms with van der Waals surface area (Å²) in [5, 5.41) is 3.47. The van der Waals surface area contributed by atoms with Crippen LogP contribution in [0.4, 0.5) is 0 Å². The van der Waals surface area contributed by atoms with Crippen LogP contribution in [0.2, 0.25) is 0 Å². The fourth-order valence-corrected chi connectivity index (χ4v) is 1.54. The second-order valence-electron chi connectivity index (χ2n) is 4.38. The largest absolute Gasteiger partial charge is 0.491 e. The van der Waals surface area contributed by atoms with Crippen LogP contribution < -0.4 is 10.1 Å². The van der Waals surface area contributed by atoms with E-state index in [1.165, 1.54) is 5.56 Å². The summed E-state index contributed by atoms with van der Waals surface area (Å²) >= 11 is 0. The van der Waals surface area contributed by atoms with Gasteiger partial charge in [-0.3, -0.25) is 0 Å². The highest BCUT2D eigenvalue weighted by molar-refractivity contribution is 5.28. The molecule has 1 rings (SSSR count). The molecule has 18 heavy (non-hydrogen) atoms. The molecular weight excluding hydrogens is 226 g/mol. The zero-order valence-corrected chi connectivity index (χ0v) is 11.7. The summed E-state index contributed by atoms with van der Waals surface area (Å²) in [7, 11) is 0. The molecule has 1 aromatic rings. The van der Waals surface area contributed by atoms with Gasteiger partial charge in [0.2, 0.25) is 0 Å². The van der Waals surface area contributed by atoms with E-state index in [0.29, 0.717) is 19.3 Å². The van der Waals surface area contributed by atoms with Crippen LogP contribution in [0.25, 0.3) is 0 Å². The summed E-state index contributed by atoms with van der Waals surface area (Å²) in [6, 6.07) is 8.77. The van der Waals surface area contributed by atoms with Crippen molar-refractivity contribution in [3.63, 3.8) is 0 Å². The highest BCUT2D eigenvalue weighted by Crippen LogP contribution is 2.13. The Bertz CT molecular complexity index is 328. The van der Waals surface area contributed by atoms with Crippen molar-refractivity contribution >= 4 is 0 Å². The molecule has 0 spiro atoms. The SMILES string of the molecule is CCOCCOc1cccc(CNC(C)CC)c1. The van der Waals surface area contributed by atoms with E-state index in [-0.39, 0.29) is 0 Å². The number of benzene rings is 1. The van der Waals surface area contributed by atoms with Crippen LogP contribution in [0.15, 0.2) is 24.3 Å². The molecular formula is C15H25NO2. The Kier molecular flexibility index (Phi) is 7.46. The first-order valence-corrected chi connectivity index (χ1v) is 6.79. The van der Waals surface area contributed by atoms with Crippen molar-refractivity contribution in [1.29, 1.82) is 0 Å². The molecule has 0 aliphatic carbocycles. The van der Waals surface area contributed by atoms with E-state index in [0.717, 1.165) is 25.3 Å². The number of hydrogen-bond donors (Lipinski definition) is 1. The third-order valence-corrected chi connectivity index (χ3v) is 2.87. The third-order valence-electron chi connectivity index (χ3n) is 2.87. The summed E-state index contributed by atoms with van der Waals surface area (Å²) < 4.78 is 10.9. The smallest absolute Gasteiger partial charge is 0.119 e. The maximum atomic E-state index is 5.63. The average Bonchev–Trinajstić information content (AvgIpc) is 2.41. The fourth-order valence-electron chi connectivity index (χ4n) is 1.54. The first kappa shape index (κ1) is 15.0. The number of hydrogen-bond acceptors (Lipinski definition) is 3. The van der Waals surface area contributed by atoms with Gasteiger partial charge in [0.1, 0.15) is 12.4 Å². The van der Waals surface area contributed by atoms with Crippen LogP contribution in [0.5, 0.6) is 5.75 Å². The lowest BCUT2D eigenvalue weighted by Gasteiger charge is -2.12. The van der Waals surface area contributed by atoms with Gasteiger partial charge in [-0.05, 0) is 38.0 Å². The topological polar surface area (TPSA) is 30.5 Å². The van der Waals surface area contributed by atoms with Gasteiger partial charge in [-0.25, -0.2) is 0 Å². The molecule has 3 nitrogen and oxygen atoms in total. The number of ether oxygens (including phenoxy) is 2. The molecule has 0 fully saturated rings. The van der Waals surface area contributed by atoms with Crippen molar-refractivity contribution in [3.05, 3.63) is 29.8 Å². The minimum atomic E-state index is 0.549. The van der Waals surface area contributed by atoms with E-state index in [4.69, 9.17) is 9.47 Å². The van der Waals surface area contributed by atoms with E-state index in [1.54, 1.807) is 0 Å². The summed E-state index contributed by atoms with van der Waals surface area (Å²) in [6.07, 6.45) is 1.14. The van der Waals surface area contributed by atoms with Gasteiger partial charge in [0.25, 0.3) is 0 Å². The van der Waals surface area contributed by atoms with Crippen molar-refractivity contribution in [2.24, 2.45) is 0 Å². The second kappa shape index (κ2) is 8.95. The predicted octanol–water partition coefficient (Wildman–Crippen LogP) is 2.99. The van der Waals surface area contributed by atoms with Crippen LogP contribution >= 0.6 is 0 Å². The lowest BCUT2D eigenvalue weighted by atomic mass is 10.2. The van der Waals surface area contributed by atoms with Gasteiger partial charge < -0.3 is 14.8 Å². The van der Waals surface area contributed by atoms with E-state index in [2.05, 4.69) is 31.3 Å². The molecule has 1 unspecified atom stereocenters. The van der Waals surface area contributed by atoms with E-state index in [9.17, 15) is 0 Å². The first-order chi connectivity index (χ1) is 8.76. The standard InChI is InChI=1S/C15H25NO2/c1-4-13(3)16-12-14-7-6-8-15(11-14)18-10-9-17-5-2/h6-8,11,13,16H,4-5,9-10,12H2,1-3H3. The second-order valence-corrected chi connectivity index (χ2v) is 4.38. The van der Waals surface area contributed by atoms with Gasteiger partial charge in [0, 0.05) is 19.2 Å². The molecule has 0 aliphatic rings. The molecule has 0 bridgehead atoms. The Hall–Kier alpha value is -1.06. The van der Waals surface area contributed by atoms with Crippen LogP contribution in [0, 0.1) is 0 Å². The maximum absolute atomic E-state index is 5.63. The van der Waals surface area contributed by atoms with Crippen LogP contribution in [0.1, 0.15) is 32.8 Å². The predicted molar refractivity (Wildman–Crippen MR) is 75.0 cm³/mol. The Labute approximate surface area is 110 Å². The lowest BCUT2D eigenvalue weighted by Crippen LogP contribution is -2.24. The summed E-state index contributed by atoms with van der Waals surface area (Å²) in [4.78, 5) is 0. The van der Waals surface area contributed by atoms with Crippen molar-refractivity contribution in [2.45, 2.75) is 39.8 Å². The van der Waals surface area contributed by atoms with Crippen molar-refractivity contribution in [2.75, 3.05) is 19.8 Å². The number of rotatable bonds is 9. The zero-order chi connectivity index (χ0) is 13.2. The monoisotopic (exact) mass is 251 g/mol. The molecule has 0 heterocycles. The first-order valence-electron chi connectivity index (χ1n) is 6.79. The maximum Gasteiger partial charge on any atom is 0.119 e. The zero-order valence-electron chi connectivity index (χ0n) is 11.7. The van der Waals surface area contributed by atoms with E-state index in [1.807, 2.05) is 19.1 Å². The summed E-state index contributed by atoms with van der Waals surface area (Å²) in [5.41, 5.74) is 1.25. The van der Waals surface area contributed by atoms with Gasteiger partial charge in [0.05, 0.1) is 6.61 Å². The van der Waals surface area contributed by atoms with Crippen molar-refractivity contribution in [3.8, 4) is 5.75 Å². The molecule has 3 heteroatoms. The van der Waals surface area contributed by atoms with Crippen LogP contribution in [-0.4, -0.2) is 25.9 Å². The molecule has 0 radical (unpaired) electrons. The van der Waals surface area contributed by atoms with Crippen LogP contribution in [0.3, 0.4) is 0 Å². The Balaban J connectivity index is 2.36. The Morgan fingerprint density at radius 2 is 2.06 bits per heavy atom. The lowest BCUT2D eigenvalue weighted by molar-refractivity contribution is 0.110.